The summed E-state index contributed by atoms with van der Waals surface area (Å²) in [6.07, 6.45) is 0.468. The van der Waals surface area contributed by atoms with Crippen molar-refractivity contribution in [2.24, 2.45) is 0 Å². The SMILES string of the molecule is CCOc1cc(C(=O)N2c3ccccc3CC2C(=O)NC)cc(OCC)c1OCC. The zero-order valence-electron chi connectivity index (χ0n) is 17.9. The first kappa shape index (κ1) is 21.5. The number of nitrogens with zero attached hydrogens (tertiary/aromatic N) is 1. The van der Waals surface area contributed by atoms with E-state index in [-0.39, 0.29) is 11.8 Å². The first-order valence-corrected chi connectivity index (χ1v) is 10.2. The largest absolute Gasteiger partial charge is 0.490 e. The number of carbonyl (C=O) groups is 2. The van der Waals surface area contributed by atoms with Crippen LogP contribution in [0.2, 0.25) is 0 Å². The third-order valence-corrected chi connectivity index (χ3v) is 4.90. The van der Waals surface area contributed by atoms with Crippen molar-refractivity contribution in [3.63, 3.8) is 0 Å². The summed E-state index contributed by atoms with van der Waals surface area (Å²) in [4.78, 5) is 27.7. The number of nitrogens with one attached hydrogen (secondary N) is 1. The van der Waals surface area contributed by atoms with Crippen LogP contribution in [-0.2, 0) is 11.2 Å². The Kier molecular flexibility index (Phi) is 6.82. The number of carbonyl (C=O) groups excluding carboxylic acids is 2. The molecule has 7 heteroatoms. The minimum Gasteiger partial charge on any atom is -0.490 e. The number of ether oxygens (including phenoxy) is 3. The lowest BCUT2D eigenvalue weighted by Crippen LogP contribution is -2.47. The minimum atomic E-state index is -0.613. The lowest BCUT2D eigenvalue weighted by Gasteiger charge is -2.25. The number of likely N-dealkylation sites (N-methyl/N-ethyl adjacent to an activating group) is 1. The molecule has 30 heavy (non-hydrogen) atoms. The van der Waals surface area contributed by atoms with Crippen LogP contribution < -0.4 is 24.4 Å². The second-order valence-electron chi connectivity index (χ2n) is 6.74. The Balaban J connectivity index is 2.09. The number of hydrogen-bond acceptors (Lipinski definition) is 5. The van der Waals surface area contributed by atoms with Crippen LogP contribution >= 0.6 is 0 Å². The fraction of sp³-hybridized carbons (Fsp3) is 0.391. The van der Waals surface area contributed by atoms with Crippen LogP contribution in [0.4, 0.5) is 5.69 Å². The van der Waals surface area contributed by atoms with Gasteiger partial charge in [-0.15, -0.1) is 0 Å². The normalized spacial score (nSPS) is 14.8. The molecule has 0 bridgehead atoms. The summed E-state index contributed by atoms with van der Waals surface area (Å²) in [5.41, 5.74) is 2.07. The summed E-state index contributed by atoms with van der Waals surface area (Å²) in [6.45, 7) is 6.87. The molecule has 160 valence electrons. The van der Waals surface area contributed by atoms with Crippen molar-refractivity contribution < 1.29 is 23.8 Å². The fourth-order valence-electron chi connectivity index (χ4n) is 3.66. The Labute approximate surface area is 176 Å². The van der Waals surface area contributed by atoms with Crippen molar-refractivity contribution in [3.05, 3.63) is 47.5 Å². The molecule has 1 N–H and O–H groups in total. The van der Waals surface area contributed by atoms with Gasteiger partial charge >= 0.3 is 0 Å². The van der Waals surface area contributed by atoms with Crippen LogP contribution in [-0.4, -0.2) is 44.7 Å². The van der Waals surface area contributed by atoms with E-state index in [1.165, 1.54) is 0 Å². The van der Waals surface area contributed by atoms with Crippen LogP contribution in [0, 0.1) is 0 Å². The summed E-state index contributed by atoms with van der Waals surface area (Å²) < 4.78 is 17.2. The van der Waals surface area contributed by atoms with Crippen LogP contribution in [0.3, 0.4) is 0 Å². The van der Waals surface area contributed by atoms with E-state index >= 15 is 0 Å². The lowest BCUT2D eigenvalue weighted by molar-refractivity contribution is -0.121. The lowest BCUT2D eigenvalue weighted by atomic mass is 10.1. The topological polar surface area (TPSA) is 77.1 Å². The number of amides is 2. The summed E-state index contributed by atoms with van der Waals surface area (Å²) in [5, 5.41) is 2.67. The van der Waals surface area contributed by atoms with Crippen LogP contribution in [0.25, 0.3) is 0 Å². The standard InChI is InChI=1S/C23H28N2O5/c1-5-28-19-13-16(14-20(29-6-2)21(19)30-7-3)23(27)25-17-11-9-8-10-15(17)12-18(25)22(26)24-4/h8-11,13-14,18H,5-7,12H2,1-4H3,(H,24,26). The fourth-order valence-corrected chi connectivity index (χ4v) is 3.66. The van der Waals surface area contributed by atoms with Crippen LogP contribution in [0.15, 0.2) is 36.4 Å². The van der Waals surface area contributed by atoms with Crippen molar-refractivity contribution in [2.75, 3.05) is 31.8 Å². The van der Waals surface area contributed by atoms with Crippen molar-refractivity contribution in [1.29, 1.82) is 0 Å². The van der Waals surface area contributed by atoms with Gasteiger partial charge in [-0.25, -0.2) is 0 Å². The van der Waals surface area contributed by atoms with E-state index in [4.69, 9.17) is 14.2 Å². The molecule has 0 radical (unpaired) electrons. The molecule has 3 rings (SSSR count). The van der Waals surface area contributed by atoms with E-state index in [1.54, 1.807) is 24.1 Å². The second kappa shape index (κ2) is 9.52. The molecule has 0 saturated carbocycles. The van der Waals surface area contributed by atoms with Crippen LogP contribution in [0.1, 0.15) is 36.7 Å². The highest BCUT2D eigenvalue weighted by molar-refractivity contribution is 6.12. The van der Waals surface area contributed by atoms with Crippen molar-refractivity contribution in [3.8, 4) is 17.2 Å². The van der Waals surface area contributed by atoms with E-state index < -0.39 is 6.04 Å². The van der Waals surface area contributed by atoms with Gasteiger partial charge in [-0.3, -0.25) is 14.5 Å². The molecular weight excluding hydrogens is 384 g/mol. The van der Waals surface area contributed by atoms with Gasteiger partial charge in [0.05, 0.1) is 19.8 Å². The summed E-state index contributed by atoms with van der Waals surface area (Å²) in [5.74, 6) is 0.858. The number of rotatable bonds is 8. The molecule has 0 fully saturated rings. The molecule has 2 aromatic rings. The number of hydrogen-bond donors (Lipinski definition) is 1. The maximum Gasteiger partial charge on any atom is 0.259 e. The van der Waals surface area contributed by atoms with Gasteiger partial charge in [-0.1, -0.05) is 18.2 Å². The van der Waals surface area contributed by atoms with Gasteiger partial charge in [0, 0.05) is 24.7 Å². The van der Waals surface area contributed by atoms with E-state index in [0.717, 1.165) is 11.3 Å². The highest BCUT2D eigenvalue weighted by Gasteiger charge is 2.38. The Morgan fingerprint density at radius 1 is 1.00 bits per heavy atom. The molecule has 0 spiro atoms. The highest BCUT2D eigenvalue weighted by Crippen LogP contribution is 2.41. The number of para-hydroxylation sites is 1. The summed E-state index contributed by atoms with van der Waals surface area (Å²) in [6, 6.07) is 10.3. The molecule has 2 aromatic carbocycles. The predicted molar refractivity (Wildman–Crippen MR) is 115 cm³/mol. The Morgan fingerprint density at radius 2 is 1.60 bits per heavy atom. The maximum absolute atomic E-state index is 13.6. The molecule has 1 unspecified atom stereocenters. The second-order valence-corrected chi connectivity index (χ2v) is 6.74. The third-order valence-electron chi connectivity index (χ3n) is 4.90. The maximum atomic E-state index is 13.6. The molecule has 1 aliphatic heterocycles. The molecule has 2 amide bonds. The molecule has 0 aromatic heterocycles. The molecule has 7 nitrogen and oxygen atoms in total. The molecule has 0 aliphatic carbocycles. The molecule has 1 aliphatic rings. The Morgan fingerprint density at radius 3 is 2.17 bits per heavy atom. The average Bonchev–Trinajstić information content (AvgIpc) is 3.14. The first-order valence-electron chi connectivity index (χ1n) is 10.2. The van der Waals surface area contributed by atoms with Crippen molar-refractivity contribution in [1.82, 2.24) is 5.32 Å². The Bertz CT molecular complexity index is 901. The van der Waals surface area contributed by atoms with E-state index in [1.807, 2.05) is 45.0 Å². The monoisotopic (exact) mass is 412 g/mol. The molecule has 1 heterocycles. The molecular formula is C23H28N2O5. The van der Waals surface area contributed by atoms with E-state index in [0.29, 0.717) is 49.1 Å². The molecule has 0 saturated heterocycles. The smallest absolute Gasteiger partial charge is 0.259 e. The quantitative estimate of drug-likeness (QED) is 0.721. The molecule has 1 atom stereocenters. The highest BCUT2D eigenvalue weighted by atomic mass is 16.5. The van der Waals surface area contributed by atoms with Gasteiger partial charge in [0.2, 0.25) is 11.7 Å². The van der Waals surface area contributed by atoms with Gasteiger partial charge in [-0.2, -0.15) is 0 Å². The van der Waals surface area contributed by atoms with Crippen LogP contribution in [0.5, 0.6) is 17.2 Å². The summed E-state index contributed by atoms with van der Waals surface area (Å²) >= 11 is 0. The van der Waals surface area contributed by atoms with Crippen molar-refractivity contribution >= 4 is 17.5 Å². The minimum absolute atomic E-state index is 0.208. The number of anilines is 1. The van der Waals surface area contributed by atoms with E-state index in [9.17, 15) is 9.59 Å². The predicted octanol–water partition coefficient (Wildman–Crippen LogP) is 3.20. The first-order chi connectivity index (χ1) is 14.5. The zero-order chi connectivity index (χ0) is 21.7. The van der Waals surface area contributed by atoms with Gasteiger partial charge < -0.3 is 19.5 Å². The zero-order valence-corrected chi connectivity index (χ0v) is 17.9. The average molecular weight is 412 g/mol. The van der Waals surface area contributed by atoms with Gasteiger partial charge in [0.15, 0.2) is 11.5 Å². The Hall–Kier alpha value is -3.22. The van der Waals surface area contributed by atoms with Crippen molar-refractivity contribution in [2.45, 2.75) is 33.2 Å². The number of fused-ring (bicyclic) bond motifs is 1. The van der Waals surface area contributed by atoms with Gasteiger partial charge in [0.25, 0.3) is 5.91 Å². The number of benzene rings is 2. The van der Waals surface area contributed by atoms with Gasteiger partial charge in [0.1, 0.15) is 6.04 Å². The van der Waals surface area contributed by atoms with E-state index in [2.05, 4.69) is 5.32 Å². The summed E-state index contributed by atoms with van der Waals surface area (Å²) in [7, 11) is 1.57. The van der Waals surface area contributed by atoms with Gasteiger partial charge in [-0.05, 0) is 44.5 Å². The third kappa shape index (κ3) is 4.06.